The van der Waals surface area contributed by atoms with Crippen LogP contribution in [0, 0.1) is 0 Å². The SMILES string of the molecule is CC(C)Oc1cc(-c2n[nH]c3ccc(-c4ccn(C(CO)c5cccc(Cl)c5)c(=O)c4)cc23)ccn1. The highest BCUT2D eigenvalue weighted by Crippen LogP contribution is 2.31. The van der Waals surface area contributed by atoms with Crippen LogP contribution in [0.2, 0.25) is 5.02 Å². The van der Waals surface area contributed by atoms with Crippen molar-refractivity contribution in [2.45, 2.75) is 26.0 Å². The number of benzene rings is 2. The van der Waals surface area contributed by atoms with Crippen LogP contribution in [0.5, 0.6) is 5.88 Å². The first-order valence-corrected chi connectivity index (χ1v) is 12.0. The van der Waals surface area contributed by atoms with E-state index in [9.17, 15) is 9.90 Å². The van der Waals surface area contributed by atoms with Crippen LogP contribution in [-0.2, 0) is 0 Å². The average Bonchev–Trinajstić information content (AvgIpc) is 3.29. The van der Waals surface area contributed by atoms with E-state index in [0.29, 0.717) is 10.9 Å². The maximum atomic E-state index is 13.1. The highest BCUT2D eigenvalue weighted by molar-refractivity contribution is 6.30. The number of fused-ring (bicyclic) bond motifs is 1. The van der Waals surface area contributed by atoms with Crippen LogP contribution in [0.3, 0.4) is 0 Å². The number of nitrogens with one attached hydrogen (secondary N) is 1. The Hall–Kier alpha value is -3.94. The predicted octanol–water partition coefficient (Wildman–Crippen LogP) is 5.48. The number of aliphatic hydroxyl groups is 1. The normalized spacial score (nSPS) is 12.2. The zero-order valence-corrected chi connectivity index (χ0v) is 20.6. The van der Waals surface area contributed by atoms with Gasteiger partial charge in [0.1, 0.15) is 5.69 Å². The first-order chi connectivity index (χ1) is 17.4. The molecule has 0 aliphatic heterocycles. The number of aromatic nitrogens is 4. The number of H-pyrrole nitrogens is 1. The average molecular weight is 501 g/mol. The monoisotopic (exact) mass is 500 g/mol. The number of halogens is 1. The Balaban J connectivity index is 1.51. The fourth-order valence-electron chi connectivity index (χ4n) is 4.27. The predicted molar refractivity (Wildman–Crippen MR) is 141 cm³/mol. The van der Waals surface area contributed by atoms with Gasteiger partial charge < -0.3 is 14.4 Å². The molecule has 2 aromatic carbocycles. The Morgan fingerprint density at radius 2 is 1.86 bits per heavy atom. The number of rotatable bonds is 7. The van der Waals surface area contributed by atoms with Crippen LogP contribution >= 0.6 is 11.6 Å². The minimum Gasteiger partial charge on any atom is -0.475 e. The van der Waals surface area contributed by atoms with E-state index in [4.69, 9.17) is 16.3 Å². The first kappa shape index (κ1) is 23.8. The Morgan fingerprint density at radius 3 is 2.61 bits per heavy atom. The maximum absolute atomic E-state index is 13.1. The Bertz CT molecular complexity index is 1590. The number of nitrogens with zero attached hydrogens (tertiary/aromatic N) is 3. The third kappa shape index (κ3) is 4.76. The van der Waals surface area contributed by atoms with Gasteiger partial charge in [0.15, 0.2) is 0 Å². The number of ether oxygens (including phenoxy) is 1. The second-order valence-electron chi connectivity index (χ2n) is 8.80. The van der Waals surface area contributed by atoms with Gasteiger partial charge in [-0.2, -0.15) is 5.10 Å². The Morgan fingerprint density at radius 1 is 1.03 bits per heavy atom. The van der Waals surface area contributed by atoms with Crippen molar-refractivity contribution in [2.24, 2.45) is 0 Å². The lowest BCUT2D eigenvalue weighted by Gasteiger charge is -2.18. The van der Waals surface area contributed by atoms with Crippen molar-refractivity contribution in [3.8, 4) is 28.3 Å². The van der Waals surface area contributed by atoms with E-state index in [1.165, 1.54) is 4.57 Å². The summed E-state index contributed by atoms with van der Waals surface area (Å²) in [5.74, 6) is 0.538. The van der Waals surface area contributed by atoms with Gasteiger partial charge in [0.25, 0.3) is 5.56 Å². The van der Waals surface area contributed by atoms with E-state index in [0.717, 1.165) is 38.9 Å². The summed E-state index contributed by atoms with van der Waals surface area (Å²) in [5.41, 5.74) is 4.74. The van der Waals surface area contributed by atoms with Crippen LogP contribution in [0.1, 0.15) is 25.5 Å². The smallest absolute Gasteiger partial charge is 0.251 e. The number of aromatic amines is 1. The molecule has 0 bridgehead atoms. The van der Waals surface area contributed by atoms with Gasteiger partial charge in [0.05, 0.1) is 24.3 Å². The molecular formula is C28H25ClN4O3. The van der Waals surface area contributed by atoms with Crippen molar-refractivity contribution in [2.75, 3.05) is 6.61 Å². The molecule has 5 aromatic rings. The second-order valence-corrected chi connectivity index (χ2v) is 9.23. The molecule has 5 rings (SSSR count). The highest BCUT2D eigenvalue weighted by atomic mass is 35.5. The van der Waals surface area contributed by atoms with Crippen LogP contribution in [0.25, 0.3) is 33.3 Å². The molecule has 3 heterocycles. The molecule has 0 spiro atoms. The van der Waals surface area contributed by atoms with E-state index in [2.05, 4.69) is 15.2 Å². The van der Waals surface area contributed by atoms with Gasteiger partial charge in [-0.05, 0) is 66.9 Å². The Kier molecular flexibility index (Phi) is 6.59. The molecule has 1 atom stereocenters. The van der Waals surface area contributed by atoms with E-state index in [-0.39, 0.29) is 18.3 Å². The summed E-state index contributed by atoms with van der Waals surface area (Å²) in [6, 6.07) is 19.8. The molecule has 8 heteroatoms. The van der Waals surface area contributed by atoms with Crippen molar-refractivity contribution in [1.82, 2.24) is 19.7 Å². The molecule has 3 aromatic heterocycles. The highest BCUT2D eigenvalue weighted by Gasteiger charge is 2.16. The molecule has 0 radical (unpaired) electrons. The molecule has 0 saturated heterocycles. The first-order valence-electron chi connectivity index (χ1n) is 11.6. The third-order valence-corrected chi connectivity index (χ3v) is 6.19. The zero-order valence-electron chi connectivity index (χ0n) is 19.9. The van der Waals surface area contributed by atoms with Crippen molar-refractivity contribution in [1.29, 1.82) is 0 Å². The molecule has 182 valence electrons. The third-order valence-electron chi connectivity index (χ3n) is 5.95. The van der Waals surface area contributed by atoms with E-state index in [1.54, 1.807) is 36.7 Å². The van der Waals surface area contributed by atoms with Crippen LogP contribution in [0.4, 0.5) is 0 Å². The summed E-state index contributed by atoms with van der Waals surface area (Å²) in [6.07, 6.45) is 3.43. The summed E-state index contributed by atoms with van der Waals surface area (Å²) < 4.78 is 7.26. The van der Waals surface area contributed by atoms with Gasteiger partial charge in [0, 0.05) is 40.5 Å². The van der Waals surface area contributed by atoms with E-state index < -0.39 is 6.04 Å². The van der Waals surface area contributed by atoms with Gasteiger partial charge in [-0.25, -0.2) is 4.98 Å². The van der Waals surface area contributed by atoms with Gasteiger partial charge >= 0.3 is 0 Å². The number of pyridine rings is 2. The minimum absolute atomic E-state index is 0.0155. The molecule has 0 aliphatic rings. The standard InChI is InChI=1S/C28H25ClN4O3/c1-17(2)36-26-14-21(8-10-30-26)28-23-13-18(6-7-24(23)31-32-28)19-9-11-33(27(35)15-19)25(16-34)20-4-3-5-22(29)12-20/h3-15,17,25,34H,16H2,1-2H3,(H,31,32). The fourth-order valence-corrected chi connectivity index (χ4v) is 4.47. The fraction of sp³-hybridized carbons (Fsp3) is 0.179. The van der Waals surface area contributed by atoms with Crippen molar-refractivity contribution in [3.63, 3.8) is 0 Å². The van der Waals surface area contributed by atoms with Gasteiger partial charge in [-0.3, -0.25) is 9.89 Å². The summed E-state index contributed by atoms with van der Waals surface area (Å²) in [6.45, 7) is 3.69. The summed E-state index contributed by atoms with van der Waals surface area (Å²) in [5, 5.41) is 19.1. The maximum Gasteiger partial charge on any atom is 0.251 e. The second kappa shape index (κ2) is 9.97. The molecule has 0 saturated carbocycles. The summed E-state index contributed by atoms with van der Waals surface area (Å²) in [4.78, 5) is 17.4. The topological polar surface area (TPSA) is 93.0 Å². The molecule has 36 heavy (non-hydrogen) atoms. The zero-order chi connectivity index (χ0) is 25.2. The summed E-state index contributed by atoms with van der Waals surface area (Å²) >= 11 is 6.12. The molecule has 7 nitrogen and oxygen atoms in total. The van der Waals surface area contributed by atoms with Gasteiger partial charge in [-0.1, -0.05) is 29.8 Å². The quantitative estimate of drug-likeness (QED) is 0.309. The van der Waals surface area contributed by atoms with Crippen LogP contribution < -0.4 is 10.3 Å². The molecule has 0 aliphatic carbocycles. The van der Waals surface area contributed by atoms with Gasteiger partial charge in [-0.15, -0.1) is 0 Å². The van der Waals surface area contributed by atoms with Crippen LogP contribution in [0.15, 0.2) is 83.9 Å². The number of aliphatic hydroxyl groups excluding tert-OH is 1. The van der Waals surface area contributed by atoms with Crippen molar-refractivity contribution in [3.05, 3.63) is 100 Å². The van der Waals surface area contributed by atoms with E-state index >= 15 is 0 Å². The lowest BCUT2D eigenvalue weighted by Crippen LogP contribution is -2.26. The molecule has 0 fully saturated rings. The number of hydrogen-bond acceptors (Lipinski definition) is 5. The Labute approximate surface area is 213 Å². The minimum atomic E-state index is -0.526. The lowest BCUT2D eigenvalue weighted by atomic mass is 10.0. The van der Waals surface area contributed by atoms with Crippen molar-refractivity contribution < 1.29 is 9.84 Å². The number of hydrogen-bond donors (Lipinski definition) is 2. The van der Waals surface area contributed by atoms with Gasteiger partial charge in [0.2, 0.25) is 5.88 Å². The molecule has 1 unspecified atom stereocenters. The molecular weight excluding hydrogens is 476 g/mol. The van der Waals surface area contributed by atoms with E-state index in [1.807, 2.05) is 56.3 Å². The molecule has 2 N–H and O–H groups in total. The largest absolute Gasteiger partial charge is 0.475 e. The lowest BCUT2D eigenvalue weighted by molar-refractivity contribution is 0.233. The van der Waals surface area contributed by atoms with Crippen LogP contribution in [-0.4, -0.2) is 37.6 Å². The van der Waals surface area contributed by atoms with Crippen molar-refractivity contribution >= 4 is 22.5 Å². The molecule has 0 amide bonds. The summed E-state index contributed by atoms with van der Waals surface area (Å²) in [7, 11) is 0.